The molecule has 122 valence electrons. The second-order valence-corrected chi connectivity index (χ2v) is 6.14. The molecule has 1 aromatic heterocycles. The zero-order valence-electron chi connectivity index (χ0n) is 14.2. The van der Waals surface area contributed by atoms with Crippen LogP contribution in [-0.2, 0) is 13.0 Å². The molecule has 0 unspecified atom stereocenters. The van der Waals surface area contributed by atoms with Crippen molar-refractivity contribution in [2.24, 2.45) is 0 Å². The molecular formula is C19H26N4. The first-order chi connectivity index (χ1) is 11.3. The summed E-state index contributed by atoms with van der Waals surface area (Å²) < 4.78 is 0. The maximum Gasteiger partial charge on any atom is 0.227 e. The van der Waals surface area contributed by atoms with E-state index in [4.69, 9.17) is 4.98 Å². The Kier molecular flexibility index (Phi) is 5.11. The van der Waals surface area contributed by atoms with Gasteiger partial charge in [0.2, 0.25) is 5.95 Å². The molecule has 0 N–H and O–H groups in total. The molecule has 0 saturated heterocycles. The van der Waals surface area contributed by atoms with E-state index in [0.29, 0.717) is 0 Å². The number of fused-ring (bicyclic) bond motifs is 1. The minimum Gasteiger partial charge on any atom is -0.356 e. The number of benzene rings is 1. The third kappa shape index (κ3) is 3.63. The van der Waals surface area contributed by atoms with Crippen LogP contribution in [0, 0.1) is 0 Å². The number of aromatic nitrogens is 2. The first-order valence-corrected chi connectivity index (χ1v) is 8.71. The van der Waals surface area contributed by atoms with E-state index in [-0.39, 0.29) is 0 Å². The Morgan fingerprint density at radius 2 is 1.78 bits per heavy atom. The molecule has 0 bridgehead atoms. The SMILES string of the molecule is CCCN(CCC)c1ccnc(N2CCc3ccccc3C2)n1. The Morgan fingerprint density at radius 1 is 1.04 bits per heavy atom. The van der Waals surface area contributed by atoms with Gasteiger partial charge in [-0.2, -0.15) is 4.98 Å². The van der Waals surface area contributed by atoms with E-state index >= 15 is 0 Å². The van der Waals surface area contributed by atoms with Crippen LogP contribution < -0.4 is 9.80 Å². The van der Waals surface area contributed by atoms with Gasteiger partial charge in [0.1, 0.15) is 5.82 Å². The highest BCUT2D eigenvalue weighted by molar-refractivity contribution is 5.46. The average Bonchev–Trinajstić information content (AvgIpc) is 2.61. The molecule has 0 radical (unpaired) electrons. The van der Waals surface area contributed by atoms with Gasteiger partial charge < -0.3 is 9.80 Å². The van der Waals surface area contributed by atoms with Crippen LogP contribution in [0.3, 0.4) is 0 Å². The van der Waals surface area contributed by atoms with Crippen LogP contribution in [0.2, 0.25) is 0 Å². The number of nitrogens with zero attached hydrogens (tertiary/aromatic N) is 4. The van der Waals surface area contributed by atoms with Crippen molar-refractivity contribution in [3.05, 3.63) is 47.7 Å². The van der Waals surface area contributed by atoms with Gasteiger partial charge in [0.05, 0.1) is 0 Å². The quantitative estimate of drug-likeness (QED) is 0.815. The van der Waals surface area contributed by atoms with Gasteiger partial charge in [-0.05, 0) is 36.5 Å². The third-order valence-corrected chi connectivity index (χ3v) is 4.35. The van der Waals surface area contributed by atoms with Crippen molar-refractivity contribution in [1.29, 1.82) is 0 Å². The minimum absolute atomic E-state index is 0.856. The summed E-state index contributed by atoms with van der Waals surface area (Å²) in [6.45, 7) is 8.42. The van der Waals surface area contributed by atoms with Gasteiger partial charge >= 0.3 is 0 Å². The van der Waals surface area contributed by atoms with Crippen molar-refractivity contribution in [1.82, 2.24) is 9.97 Å². The van der Waals surface area contributed by atoms with E-state index in [1.165, 1.54) is 11.1 Å². The lowest BCUT2D eigenvalue weighted by Crippen LogP contribution is -2.32. The lowest BCUT2D eigenvalue weighted by molar-refractivity contribution is 0.697. The highest BCUT2D eigenvalue weighted by Crippen LogP contribution is 2.23. The summed E-state index contributed by atoms with van der Waals surface area (Å²) in [4.78, 5) is 14.0. The van der Waals surface area contributed by atoms with Crippen LogP contribution in [0.4, 0.5) is 11.8 Å². The minimum atomic E-state index is 0.856. The molecule has 1 aliphatic rings. The van der Waals surface area contributed by atoms with E-state index in [2.05, 4.69) is 52.9 Å². The van der Waals surface area contributed by atoms with Gasteiger partial charge in [0, 0.05) is 32.4 Å². The molecule has 1 aromatic carbocycles. The molecule has 0 fully saturated rings. The first-order valence-electron chi connectivity index (χ1n) is 8.71. The summed E-state index contributed by atoms with van der Waals surface area (Å²) in [7, 11) is 0. The second kappa shape index (κ2) is 7.44. The summed E-state index contributed by atoms with van der Waals surface area (Å²) in [5, 5.41) is 0. The maximum absolute atomic E-state index is 4.85. The Bertz CT molecular complexity index is 635. The van der Waals surface area contributed by atoms with Gasteiger partial charge in [-0.15, -0.1) is 0 Å². The van der Waals surface area contributed by atoms with E-state index in [1.807, 2.05) is 12.3 Å². The topological polar surface area (TPSA) is 32.3 Å². The maximum atomic E-state index is 4.85. The molecule has 2 heterocycles. The van der Waals surface area contributed by atoms with Crippen molar-refractivity contribution < 1.29 is 0 Å². The van der Waals surface area contributed by atoms with E-state index < -0.39 is 0 Å². The molecule has 3 rings (SSSR count). The second-order valence-electron chi connectivity index (χ2n) is 6.14. The lowest BCUT2D eigenvalue weighted by Gasteiger charge is -2.30. The standard InChI is InChI=1S/C19H26N4/c1-3-12-22(13-4-2)18-9-11-20-19(21-18)23-14-10-16-7-5-6-8-17(16)15-23/h5-9,11H,3-4,10,12-15H2,1-2H3. The Balaban J connectivity index is 1.80. The van der Waals surface area contributed by atoms with Crippen LogP contribution in [0.15, 0.2) is 36.5 Å². The molecule has 4 heteroatoms. The number of rotatable bonds is 6. The zero-order chi connectivity index (χ0) is 16.1. The fourth-order valence-electron chi connectivity index (χ4n) is 3.21. The summed E-state index contributed by atoms with van der Waals surface area (Å²) in [5.74, 6) is 1.91. The summed E-state index contributed by atoms with van der Waals surface area (Å²) in [6.07, 6.45) is 5.24. The van der Waals surface area contributed by atoms with Crippen LogP contribution in [0.25, 0.3) is 0 Å². The van der Waals surface area contributed by atoms with Crippen molar-refractivity contribution in [3.63, 3.8) is 0 Å². The zero-order valence-corrected chi connectivity index (χ0v) is 14.2. The molecule has 0 amide bonds. The fraction of sp³-hybridized carbons (Fsp3) is 0.474. The highest BCUT2D eigenvalue weighted by atomic mass is 15.3. The van der Waals surface area contributed by atoms with Gasteiger partial charge in [-0.3, -0.25) is 0 Å². The van der Waals surface area contributed by atoms with Gasteiger partial charge in [0.25, 0.3) is 0 Å². The van der Waals surface area contributed by atoms with E-state index in [0.717, 1.165) is 57.2 Å². The van der Waals surface area contributed by atoms with Crippen molar-refractivity contribution in [3.8, 4) is 0 Å². The van der Waals surface area contributed by atoms with Crippen molar-refractivity contribution in [2.75, 3.05) is 29.4 Å². The number of anilines is 2. The largest absolute Gasteiger partial charge is 0.356 e. The first kappa shape index (κ1) is 15.8. The number of hydrogen-bond donors (Lipinski definition) is 0. The van der Waals surface area contributed by atoms with E-state index in [1.54, 1.807) is 0 Å². The number of hydrogen-bond acceptors (Lipinski definition) is 4. The smallest absolute Gasteiger partial charge is 0.227 e. The average molecular weight is 310 g/mol. The molecule has 0 atom stereocenters. The normalized spacial score (nSPS) is 13.7. The van der Waals surface area contributed by atoms with Gasteiger partial charge in [0.15, 0.2) is 0 Å². The fourth-order valence-corrected chi connectivity index (χ4v) is 3.21. The van der Waals surface area contributed by atoms with Gasteiger partial charge in [-0.1, -0.05) is 38.1 Å². The highest BCUT2D eigenvalue weighted by Gasteiger charge is 2.19. The third-order valence-electron chi connectivity index (χ3n) is 4.35. The predicted molar refractivity (Wildman–Crippen MR) is 96.0 cm³/mol. The summed E-state index contributed by atoms with van der Waals surface area (Å²) >= 11 is 0. The van der Waals surface area contributed by atoms with Crippen LogP contribution in [-0.4, -0.2) is 29.6 Å². The Hall–Kier alpha value is -2.10. The molecular weight excluding hydrogens is 284 g/mol. The predicted octanol–water partition coefficient (Wildman–Crippen LogP) is 3.67. The Labute approximate surface area is 139 Å². The lowest BCUT2D eigenvalue weighted by atomic mass is 10.0. The summed E-state index contributed by atoms with van der Waals surface area (Å²) in [6, 6.07) is 10.7. The van der Waals surface area contributed by atoms with Crippen molar-refractivity contribution >= 4 is 11.8 Å². The summed E-state index contributed by atoms with van der Waals surface area (Å²) in [5.41, 5.74) is 2.85. The molecule has 1 aliphatic heterocycles. The molecule has 0 aliphatic carbocycles. The van der Waals surface area contributed by atoms with Crippen molar-refractivity contribution in [2.45, 2.75) is 39.7 Å². The molecule has 23 heavy (non-hydrogen) atoms. The van der Waals surface area contributed by atoms with E-state index in [9.17, 15) is 0 Å². The molecule has 2 aromatic rings. The Morgan fingerprint density at radius 3 is 2.52 bits per heavy atom. The van der Waals surface area contributed by atoms with Crippen LogP contribution in [0.1, 0.15) is 37.8 Å². The van der Waals surface area contributed by atoms with Crippen LogP contribution >= 0.6 is 0 Å². The molecule has 0 spiro atoms. The molecule has 0 saturated carbocycles. The van der Waals surface area contributed by atoms with Gasteiger partial charge in [-0.25, -0.2) is 4.98 Å². The monoisotopic (exact) mass is 310 g/mol. The molecule has 4 nitrogen and oxygen atoms in total. The van der Waals surface area contributed by atoms with Crippen LogP contribution in [0.5, 0.6) is 0 Å².